The Morgan fingerprint density at radius 3 is 2.28 bits per heavy atom. The largest absolute Gasteiger partial charge is 0.496 e. The molecule has 0 saturated carbocycles. The molecule has 1 fully saturated rings. The molecule has 2 heterocycles. The maximum absolute atomic E-state index is 13.0. The van der Waals surface area contributed by atoms with Crippen LogP contribution in [0.4, 0.5) is 0 Å². The molecule has 1 aromatic heterocycles. The standard InChI is InChI=1S/C23H25ClN4O4/c1-15-19(30-2)12-17(13-20(15)31-3)23(29)28-10-8-27(9-11-28)14-21-25-22(26-32-21)16-4-6-18(24)7-5-16/h4-7,12-13H,8-11,14H2,1-3H3. The number of hydrogen-bond acceptors (Lipinski definition) is 7. The maximum Gasteiger partial charge on any atom is 0.254 e. The summed E-state index contributed by atoms with van der Waals surface area (Å²) >= 11 is 5.93. The summed E-state index contributed by atoms with van der Waals surface area (Å²) in [7, 11) is 3.18. The Morgan fingerprint density at radius 1 is 1.06 bits per heavy atom. The molecule has 0 bridgehead atoms. The number of rotatable bonds is 6. The fourth-order valence-corrected chi connectivity index (χ4v) is 3.85. The first-order valence-electron chi connectivity index (χ1n) is 10.3. The van der Waals surface area contributed by atoms with E-state index in [0.29, 0.717) is 66.5 Å². The molecule has 2 aromatic carbocycles. The first-order chi connectivity index (χ1) is 15.5. The molecule has 0 aliphatic carbocycles. The minimum Gasteiger partial charge on any atom is -0.496 e. The average Bonchev–Trinajstić information content (AvgIpc) is 3.28. The van der Waals surface area contributed by atoms with Crippen LogP contribution in [0.1, 0.15) is 21.8 Å². The molecule has 1 aliphatic heterocycles. The summed E-state index contributed by atoms with van der Waals surface area (Å²) in [5, 5.41) is 4.72. The van der Waals surface area contributed by atoms with E-state index in [1.165, 1.54) is 0 Å². The SMILES string of the molecule is COc1cc(C(=O)N2CCN(Cc3nc(-c4ccc(Cl)cc4)no3)CC2)cc(OC)c1C. The van der Waals surface area contributed by atoms with Gasteiger partial charge in [-0.3, -0.25) is 9.69 Å². The third-order valence-corrected chi connectivity index (χ3v) is 5.84. The molecule has 4 rings (SSSR count). The van der Waals surface area contributed by atoms with Crippen LogP contribution in [-0.2, 0) is 6.54 Å². The van der Waals surface area contributed by atoms with Gasteiger partial charge in [0.15, 0.2) is 0 Å². The van der Waals surface area contributed by atoms with Crippen molar-refractivity contribution in [2.24, 2.45) is 0 Å². The molecule has 9 heteroatoms. The van der Waals surface area contributed by atoms with Crippen LogP contribution in [-0.4, -0.2) is 66.2 Å². The molecule has 1 saturated heterocycles. The van der Waals surface area contributed by atoms with Gasteiger partial charge in [0.25, 0.3) is 5.91 Å². The molecular weight excluding hydrogens is 432 g/mol. The van der Waals surface area contributed by atoms with Gasteiger partial charge in [0.05, 0.1) is 20.8 Å². The zero-order valence-corrected chi connectivity index (χ0v) is 19.1. The van der Waals surface area contributed by atoms with Gasteiger partial charge in [0, 0.05) is 47.9 Å². The second-order valence-corrected chi connectivity index (χ2v) is 8.03. The summed E-state index contributed by atoms with van der Waals surface area (Å²) in [5.74, 6) is 2.32. The molecular formula is C23H25ClN4O4. The summed E-state index contributed by atoms with van der Waals surface area (Å²) in [4.78, 5) is 21.6. The quantitative estimate of drug-likeness (QED) is 0.559. The van der Waals surface area contributed by atoms with Gasteiger partial charge in [-0.05, 0) is 43.3 Å². The van der Waals surface area contributed by atoms with Crippen LogP contribution in [0.2, 0.25) is 5.02 Å². The number of carbonyl (C=O) groups is 1. The van der Waals surface area contributed by atoms with Crippen molar-refractivity contribution in [2.45, 2.75) is 13.5 Å². The van der Waals surface area contributed by atoms with Gasteiger partial charge in [0.1, 0.15) is 11.5 Å². The molecule has 1 aliphatic rings. The molecule has 0 unspecified atom stereocenters. The Bertz CT molecular complexity index is 1070. The van der Waals surface area contributed by atoms with Gasteiger partial charge in [-0.25, -0.2) is 0 Å². The summed E-state index contributed by atoms with van der Waals surface area (Å²) in [6, 6.07) is 10.8. The minimum atomic E-state index is -0.0379. The Kier molecular flexibility index (Phi) is 6.62. The second-order valence-electron chi connectivity index (χ2n) is 7.59. The van der Waals surface area contributed by atoms with Gasteiger partial charge in [-0.2, -0.15) is 4.98 Å². The Balaban J connectivity index is 1.36. The van der Waals surface area contributed by atoms with Crippen LogP contribution >= 0.6 is 11.6 Å². The molecule has 0 spiro atoms. The lowest BCUT2D eigenvalue weighted by Crippen LogP contribution is -2.48. The van der Waals surface area contributed by atoms with Gasteiger partial charge in [-0.1, -0.05) is 16.8 Å². The zero-order chi connectivity index (χ0) is 22.7. The number of aromatic nitrogens is 2. The van der Waals surface area contributed by atoms with Gasteiger partial charge in [0.2, 0.25) is 11.7 Å². The number of piperazine rings is 1. The number of nitrogens with zero attached hydrogens (tertiary/aromatic N) is 4. The Morgan fingerprint density at radius 2 is 1.69 bits per heavy atom. The number of carbonyl (C=O) groups excluding carboxylic acids is 1. The van der Waals surface area contributed by atoms with Crippen molar-refractivity contribution in [2.75, 3.05) is 40.4 Å². The molecule has 0 atom stereocenters. The van der Waals surface area contributed by atoms with E-state index in [9.17, 15) is 4.79 Å². The van der Waals surface area contributed by atoms with Crippen molar-refractivity contribution >= 4 is 17.5 Å². The normalized spacial score (nSPS) is 14.4. The van der Waals surface area contributed by atoms with Crippen molar-refractivity contribution in [3.05, 3.63) is 58.4 Å². The summed E-state index contributed by atoms with van der Waals surface area (Å²) < 4.78 is 16.2. The fraction of sp³-hybridized carbons (Fsp3) is 0.348. The number of benzene rings is 2. The topological polar surface area (TPSA) is 80.9 Å². The number of amides is 1. The van der Waals surface area contributed by atoms with E-state index in [4.69, 9.17) is 25.6 Å². The number of halogens is 1. The van der Waals surface area contributed by atoms with E-state index < -0.39 is 0 Å². The van der Waals surface area contributed by atoms with Crippen LogP contribution < -0.4 is 9.47 Å². The average molecular weight is 457 g/mol. The first kappa shape index (κ1) is 22.1. The van der Waals surface area contributed by atoms with Gasteiger partial charge < -0.3 is 18.9 Å². The van der Waals surface area contributed by atoms with E-state index in [0.717, 1.165) is 11.1 Å². The number of ether oxygens (including phenoxy) is 2. The van der Waals surface area contributed by atoms with Crippen molar-refractivity contribution in [3.63, 3.8) is 0 Å². The Labute approximate surface area is 191 Å². The highest BCUT2D eigenvalue weighted by Gasteiger charge is 2.25. The van der Waals surface area contributed by atoms with E-state index in [1.54, 1.807) is 38.5 Å². The highest BCUT2D eigenvalue weighted by atomic mass is 35.5. The Hall–Kier alpha value is -3.10. The first-order valence-corrected chi connectivity index (χ1v) is 10.7. The van der Waals surface area contributed by atoms with Crippen molar-refractivity contribution in [1.29, 1.82) is 0 Å². The lowest BCUT2D eigenvalue weighted by Gasteiger charge is -2.34. The lowest BCUT2D eigenvalue weighted by atomic mass is 10.1. The molecule has 32 heavy (non-hydrogen) atoms. The third-order valence-electron chi connectivity index (χ3n) is 5.59. The summed E-state index contributed by atoms with van der Waals surface area (Å²) in [5.41, 5.74) is 2.28. The molecule has 8 nitrogen and oxygen atoms in total. The predicted molar refractivity (Wildman–Crippen MR) is 120 cm³/mol. The van der Waals surface area contributed by atoms with E-state index >= 15 is 0 Å². The summed E-state index contributed by atoms with van der Waals surface area (Å²) in [6.45, 7) is 5.08. The van der Waals surface area contributed by atoms with Gasteiger partial charge >= 0.3 is 0 Å². The van der Waals surface area contributed by atoms with Crippen LogP contribution in [0.15, 0.2) is 40.9 Å². The van der Waals surface area contributed by atoms with Crippen molar-refractivity contribution < 1.29 is 18.8 Å². The molecule has 0 N–H and O–H groups in total. The van der Waals surface area contributed by atoms with Gasteiger partial charge in [-0.15, -0.1) is 0 Å². The fourth-order valence-electron chi connectivity index (χ4n) is 3.73. The number of methoxy groups -OCH3 is 2. The maximum atomic E-state index is 13.0. The van der Waals surface area contributed by atoms with Crippen LogP contribution in [0, 0.1) is 6.92 Å². The lowest BCUT2D eigenvalue weighted by molar-refractivity contribution is 0.0614. The van der Waals surface area contributed by atoms with Crippen LogP contribution in [0.25, 0.3) is 11.4 Å². The molecule has 1 amide bonds. The van der Waals surface area contributed by atoms with Crippen LogP contribution in [0.5, 0.6) is 11.5 Å². The van der Waals surface area contributed by atoms with E-state index in [-0.39, 0.29) is 5.91 Å². The van der Waals surface area contributed by atoms with Crippen LogP contribution in [0.3, 0.4) is 0 Å². The second kappa shape index (κ2) is 9.58. The van der Waals surface area contributed by atoms with Crippen molar-refractivity contribution in [3.8, 4) is 22.9 Å². The van der Waals surface area contributed by atoms with Crippen molar-refractivity contribution in [1.82, 2.24) is 19.9 Å². The smallest absolute Gasteiger partial charge is 0.254 e. The van der Waals surface area contributed by atoms with E-state index in [1.807, 2.05) is 24.0 Å². The molecule has 0 radical (unpaired) electrons. The molecule has 168 valence electrons. The van der Waals surface area contributed by atoms with E-state index in [2.05, 4.69) is 15.0 Å². The highest BCUT2D eigenvalue weighted by Crippen LogP contribution is 2.30. The predicted octanol–water partition coefficient (Wildman–Crippen LogP) is 3.67. The zero-order valence-electron chi connectivity index (χ0n) is 18.3. The summed E-state index contributed by atoms with van der Waals surface area (Å²) in [6.07, 6.45) is 0. The third kappa shape index (κ3) is 4.71. The highest BCUT2D eigenvalue weighted by molar-refractivity contribution is 6.30. The monoisotopic (exact) mass is 456 g/mol. The minimum absolute atomic E-state index is 0.0379. The molecule has 3 aromatic rings. The number of hydrogen-bond donors (Lipinski definition) is 0.